The van der Waals surface area contributed by atoms with Crippen molar-refractivity contribution in [3.05, 3.63) is 0 Å². The van der Waals surface area contributed by atoms with E-state index in [0.717, 1.165) is 25.9 Å². The zero-order valence-corrected chi connectivity index (χ0v) is 34.0. The van der Waals surface area contributed by atoms with Crippen molar-refractivity contribution in [2.75, 3.05) is 13.1 Å². The van der Waals surface area contributed by atoms with Crippen LogP contribution >= 0.6 is 0 Å². The average Bonchev–Trinajstić information content (AvgIpc) is 3.58. The van der Waals surface area contributed by atoms with Crippen molar-refractivity contribution in [2.24, 2.45) is 0 Å². The summed E-state index contributed by atoms with van der Waals surface area (Å²) in [6.45, 7) is 8.78. The lowest BCUT2D eigenvalue weighted by Crippen LogP contribution is -2.42. The predicted molar refractivity (Wildman–Crippen MR) is 218 cm³/mol. The maximum atomic E-state index is 12.6. The Hall–Kier alpha value is -1.06. The molecule has 1 amide bonds. The first-order chi connectivity index (χ1) is 24.2. The molecule has 0 aromatic rings. The molecular weight excluding hydrogens is 599 g/mol. The van der Waals surface area contributed by atoms with Crippen LogP contribution < -0.4 is 10.6 Å². The Morgan fingerprint density at radius 1 is 0.510 bits per heavy atom. The summed E-state index contributed by atoms with van der Waals surface area (Å²) in [7, 11) is 0. The standard InChI is InChI=1S/C45H89N3O/c1-4-6-8-10-12-14-16-18-20-22-23-24-25-27-29-31-33-35-37-39-44-46-41-42-48(44)43(3)47-45(49)40-38-36-34-32-30-28-26-21-19-17-15-13-11-9-7-5-2/h43H,4-42H2,1-3H3,(H,47,49)/p+1. The lowest BCUT2D eigenvalue weighted by molar-refractivity contribution is -0.558. The minimum absolute atomic E-state index is 0.0962. The molecule has 4 nitrogen and oxygen atoms in total. The summed E-state index contributed by atoms with van der Waals surface area (Å²) in [4.78, 5) is 12.6. The molecule has 0 saturated heterocycles. The van der Waals surface area contributed by atoms with Gasteiger partial charge in [-0.3, -0.25) is 10.1 Å². The van der Waals surface area contributed by atoms with E-state index in [4.69, 9.17) is 0 Å². The van der Waals surface area contributed by atoms with Crippen LogP contribution in [0, 0.1) is 0 Å². The zero-order valence-electron chi connectivity index (χ0n) is 34.0. The van der Waals surface area contributed by atoms with Crippen molar-refractivity contribution in [1.82, 2.24) is 10.6 Å². The molecular formula is C45H90N3O+. The van der Waals surface area contributed by atoms with E-state index in [1.807, 2.05) is 0 Å². The van der Waals surface area contributed by atoms with Gasteiger partial charge in [-0.25, -0.2) is 4.58 Å². The number of unbranched alkanes of at least 4 members (excludes halogenated alkanes) is 33. The molecule has 49 heavy (non-hydrogen) atoms. The van der Waals surface area contributed by atoms with Crippen LogP contribution in [0.5, 0.6) is 0 Å². The third kappa shape index (κ3) is 30.3. The van der Waals surface area contributed by atoms with E-state index in [2.05, 4.69) is 36.0 Å². The topological polar surface area (TPSA) is 44.1 Å². The van der Waals surface area contributed by atoms with Crippen LogP contribution in [0.25, 0.3) is 0 Å². The van der Waals surface area contributed by atoms with Crippen LogP contribution in [0.1, 0.15) is 258 Å². The van der Waals surface area contributed by atoms with Gasteiger partial charge >= 0.3 is 0 Å². The third-order valence-corrected chi connectivity index (χ3v) is 11.1. The Morgan fingerprint density at radius 2 is 0.816 bits per heavy atom. The van der Waals surface area contributed by atoms with Gasteiger partial charge in [-0.2, -0.15) is 0 Å². The van der Waals surface area contributed by atoms with E-state index < -0.39 is 0 Å². The molecule has 0 saturated carbocycles. The summed E-state index contributed by atoms with van der Waals surface area (Å²) in [6.07, 6.45) is 50.9. The number of nitrogens with one attached hydrogen (secondary N) is 2. The van der Waals surface area contributed by atoms with Crippen LogP contribution in [0.4, 0.5) is 0 Å². The summed E-state index contributed by atoms with van der Waals surface area (Å²) < 4.78 is 2.40. The maximum absolute atomic E-state index is 12.6. The number of amides is 1. The van der Waals surface area contributed by atoms with Crippen LogP contribution in [0.15, 0.2) is 0 Å². The highest BCUT2D eigenvalue weighted by Crippen LogP contribution is 2.16. The van der Waals surface area contributed by atoms with Crippen LogP contribution in [0.2, 0.25) is 0 Å². The second kappa shape index (κ2) is 36.7. The molecule has 0 spiro atoms. The van der Waals surface area contributed by atoms with Crippen molar-refractivity contribution in [1.29, 1.82) is 0 Å². The molecule has 4 heteroatoms. The van der Waals surface area contributed by atoms with E-state index >= 15 is 0 Å². The van der Waals surface area contributed by atoms with E-state index in [0.29, 0.717) is 6.42 Å². The van der Waals surface area contributed by atoms with Gasteiger partial charge in [0.05, 0.1) is 0 Å². The first-order valence-corrected chi connectivity index (χ1v) is 22.8. The van der Waals surface area contributed by atoms with Crippen LogP contribution in [-0.2, 0) is 4.79 Å². The minimum Gasteiger partial charge on any atom is -0.318 e. The Labute approximate surface area is 308 Å². The molecule has 0 fully saturated rings. The van der Waals surface area contributed by atoms with Gasteiger partial charge in [0.1, 0.15) is 13.1 Å². The Kier molecular flexibility index (Phi) is 34.4. The maximum Gasteiger partial charge on any atom is 0.246 e. The fourth-order valence-corrected chi connectivity index (χ4v) is 7.80. The number of nitrogens with zero attached hydrogens (tertiary/aromatic N) is 1. The number of carbonyl (C=O) groups excluding carboxylic acids is 1. The Balaban J connectivity index is 1.91. The monoisotopic (exact) mass is 689 g/mol. The molecule has 0 aromatic heterocycles. The largest absolute Gasteiger partial charge is 0.318 e. The third-order valence-electron chi connectivity index (χ3n) is 11.1. The van der Waals surface area contributed by atoms with E-state index in [1.54, 1.807) is 0 Å². The summed E-state index contributed by atoms with van der Waals surface area (Å²) in [5, 5.41) is 6.90. The molecule has 1 aliphatic rings. The summed E-state index contributed by atoms with van der Waals surface area (Å²) >= 11 is 0. The van der Waals surface area contributed by atoms with Crippen molar-refractivity contribution in [2.45, 2.75) is 265 Å². The lowest BCUT2D eigenvalue weighted by Gasteiger charge is -2.15. The van der Waals surface area contributed by atoms with E-state index in [-0.39, 0.29) is 12.1 Å². The number of hydrogen-bond acceptors (Lipinski definition) is 2. The fraction of sp³-hybridized carbons (Fsp3) is 0.956. The van der Waals surface area contributed by atoms with Gasteiger partial charge in [0.2, 0.25) is 11.7 Å². The predicted octanol–water partition coefficient (Wildman–Crippen LogP) is 13.9. The molecule has 0 aliphatic carbocycles. The normalized spacial score (nSPS) is 13.7. The minimum atomic E-state index is 0.0962. The number of carbonyl (C=O) groups is 1. The highest BCUT2D eigenvalue weighted by molar-refractivity contribution is 5.79. The second-order valence-corrected chi connectivity index (χ2v) is 16.0. The smallest absolute Gasteiger partial charge is 0.246 e. The molecule has 0 aromatic carbocycles. The van der Waals surface area contributed by atoms with Crippen LogP contribution in [-0.4, -0.2) is 35.6 Å². The molecule has 1 atom stereocenters. The van der Waals surface area contributed by atoms with Gasteiger partial charge in [-0.15, -0.1) is 0 Å². The van der Waals surface area contributed by atoms with Gasteiger partial charge in [-0.05, 0) is 19.8 Å². The van der Waals surface area contributed by atoms with Crippen LogP contribution in [0.3, 0.4) is 0 Å². The number of rotatable bonds is 39. The average molecular weight is 689 g/mol. The van der Waals surface area contributed by atoms with Gasteiger partial charge in [0.25, 0.3) is 0 Å². The summed E-state index contributed by atoms with van der Waals surface area (Å²) in [5.41, 5.74) is 0. The molecule has 0 radical (unpaired) electrons. The van der Waals surface area contributed by atoms with Crippen molar-refractivity contribution < 1.29 is 9.37 Å². The lowest BCUT2D eigenvalue weighted by atomic mass is 10.0. The number of amidine groups is 1. The molecule has 1 heterocycles. The highest BCUT2D eigenvalue weighted by atomic mass is 16.1. The molecule has 1 unspecified atom stereocenters. The molecule has 290 valence electrons. The first kappa shape index (κ1) is 46.0. The first-order valence-electron chi connectivity index (χ1n) is 22.8. The Bertz CT molecular complexity index is 735. The summed E-state index contributed by atoms with van der Waals surface area (Å²) in [5.74, 6) is 1.58. The van der Waals surface area contributed by atoms with Crippen molar-refractivity contribution in [3.63, 3.8) is 0 Å². The second-order valence-electron chi connectivity index (χ2n) is 16.0. The SMILES string of the molecule is CCCCCCCCCCCCCCCCCCCCCC1=[N+](C(C)NC(=O)CCCCCCCCCCCCCCCCCC)CCN1. The summed E-state index contributed by atoms with van der Waals surface area (Å²) in [6, 6.07) is 0. The van der Waals surface area contributed by atoms with E-state index in [9.17, 15) is 4.79 Å². The van der Waals surface area contributed by atoms with Gasteiger partial charge in [0.15, 0.2) is 6.17 Å². The molecule has 2 N–H and O–H groups in total. The molecule has 1 aliphatic heterocycles. The quantitative estimate of drug-likeness (QED) is 0.0499. The molecule has 0 bridgehead atoms. The molecule has 1 rings (SSSR count). The number of hydrogen-bond donors (Lipinski definition) is 2. The van der Waals surface area contributed by atoms with Crippen molar-refractivity contribution >= 4 is 11.7 Å². The van der Waals surface area contributed by atoms with E-state index in [1.165, 1.54) is 224 Å². The Morgan fingerprint density at radius 3 is 1.16 bits per heavy atom. The zero-order chi connectivity index (χ0) is 35.3. The van der Waals surface area contributed by atoms with Gasteiger partial charge in [-0.1, -0.05) is 226 Å². The highest BCUT2D eigenvalue weighted by Gasteiger charge is 2.25. The van der Waals surface area contributed by atoms with Gasteiger partial charge < -0.3 is 5.32 Å². The fourth-order valence-electron chi connectivity index (χ4n) is 7.80. The van der Waals surface area contributed by atoms with Gasteiger partial charge in [0, 0.05) is 12.8 Å². The van der Waals surface area contributed by atoms with Crippen molar-refractivity contribution in [3.8, 4) is 0 Å².